The number of rotatable bonds is 14. The van der Waals surface area contributed by atoms with E-state index < -0.39 is 52.2 Å². The molecule has 0 bridgehead atoms. The van der Waals surface area contributed by atoms with E-state index in [0.717, 1.165) is 5.56 Å². The van der Waals surface area contributed by atoms with Crippen LogP contribution in [0.1, 0.15) is 32.3 Å². The van der Waals surface area contributed by atoms with Crippen LogP contribution >= 0.6 is 0 Å². The number of ether oxygens (including phenoxy) is 6. The van der Waals surface area contributed by atoms with Crippen LogP contribution in [0.3, 0.4) is 0 Å². The summed E-state index contributed by atoms with van der Waals surface area (Å²) in [4.78, 5) is 26.5. The minimum atomic E-state index is -4.22. The number of carbonyl (C=O) groups excluding carboxylic acids is 2. The molecule has 2 aromatic rings. The SMILES string of the molecule is CN(C)C(=O)OCCC(C)(C)CN(C[C@@H](O)[C@H](Cc1ccccc1)NC(=O)O[C@H]1CO[C@H]2OCC[C@H]21)S(=O)(=O)c1ccc2c(c1)OCO2. The molecule has 3 aliphatic heterocycles. The maximum Gasteiger partial charge on any atom is 0.409 e. The normalized spacial score (nSPS) is 21.4. The largest absolute Gasteiger partial charge is 0.454 e. The fraction of sp³-hybridized carbons (Fsp3) is 0.576. The number of aliphatic hydroxyl groups excluding tert-OH is 1. The second kappa shape index (κ2) is 15.3. The third-order valence-electron chi connectivity index (χ3n) is 8.66. The minimum Gasteiger partial charge on any atom is -0.454 e. The highest BCUT2D eigenvalue weighted by Crippen LogP contribution is 2.36. The Kier molecular flexibility index (Phi) is 11.4. The van der Waals surface area contributed by atoms with Crippen LogP contribution in [-0.2, 0) is 35.4 Å². The quantitative estimate of drug-likeness (QED) is 0.300. The minimum absolute atomic E-state index is 0.0235. The fourth-order valence-corrected chi connectivity index (χ4v) is 7.55. The molecule has 0 saturated carbocycles. The van der Waals surface area contributed by atoms with E-state index in [2.05, 4.69) is 5.32 Å². The first-order chi connectivity index (χ1) is 22.8. The number of aliphatic hydroxyl groups is 1. The van der Waals surface area contributed by atoms with Crippen molar-refractivity contribution in [3.8, 4) is 11.5 Å². The number of carbonyl (C=O) groups is 2. The summed E-state index contributed by atoms with van der Waals surface area (Å²) in [5.41, 5.74) is 0.128. The van der Waals surface area contributed by atoms with Crippen LogP contribution in [0.25, 0.3) is 0 Å². The third-order valence-corrected chi connectivity index (χ3v) is 10.5. The maximum absolute atomic E-state index is 14.2. The molecule has 5 atom stereocenters. The first kappa shape index (κ1) is 35.7. The van der Waals surface area contributed by atoms with E-state index in [1.165, 1.54) is 27.4 Å². The lowest BCUT2D eigenvalue weighted by molar-refractivity contribution is -0.0907. The van der Waals surface area contributed by atoms with E-state index in [1.54, 1.807) is 14.1 Å². The van der Waals surface area contributed by atoms with Gasteiger partial charge in [0.05, 0.1) is 42.8 Å². The molecule has 2 fully saturated rings. The predicted octanol–water partition coefficient (Wildman–Crippen LogP) is 2.98. The fourth-order valence-electron chi connectivity index (χ4n) is 5.89. The van der Waals surface area contributed by atoms with Crippen molar-refractivity contribution in [1.82, 2.24) is 14.5 Å². The molecule has 48 heavy (non-hydrogen) atoms. The van der Waals surface area contributed by atoms with Gasteiger partial charge in [0.2, 0.25) is 16.8 Å². The summed E-state index contributed by atoms with van der Waals surface area (Å²) < 4.78 is 62.6. The molecular formula is C33H45N3O11S. The summed E-state index contributed by atoms with van der Waals surface area (Å²) >= 11 is 0. The lowest BCUT2D eigenvalue weighted by Gasteiger charge is -2.35. The van der Waals surface area contributed by atoms with Crippen LogP contribution in [0.15, 0.2) is 53.4 Å². The number of benzene rings is 2. The molecule has 15 heteroatoms. The van der Waals surface area contributed by atoms with Crippen molar-refractivity contribution in [1.29, 1.82) is 0 Å². The molecule has 2 amide bonds. The summed E-state index contributed by atoms with van der Waals surface area (Å²) in [6.45, 7) is 4.07. The van der Waals surface area contributed by atoms with E-state index in [1.807, 2.05) is 44.2 Å². The topological polar surface area (TPSA) is 162 Å². The molecule has 0 spiro atoms. The van der Waals surface area contributed by atoms with Crippen molar-refractivity contribution in [2.75, 3.05) is 53.8 Å². The number of alkyl carbamates (subject to hydrolysis) is 1. The number of sulfonamides is 1. The molecular weight excluding hydrogens is 646 g/mol. The van der Waals surface area contributed by atoms with Crippen molar-refractivity contribution in [2.24, 2.45) is 11.3 Å². The average Bonchev–Trinajstić information content (AvgIpc) is 3.79. The molecule has 2 saturated heterocycles. The lowest BCUT2D eigenvalue weighted by atomic mass is 9.89. The van der Waals surface area contributed by atoms with Crippen molar-refractivity contribution < 1.29 is 51.5 Å². The Morgan fingerprint density at radius 2 is 1.83 bits per heavy atom. The molecule has 0 unspecified atom stereocenters. The van der Waals surface area contributed by atoms with Crippen LogP contribution in [0.2, 0.25) is 0 Å². The van der Waals surface area contributed by atoms with Gasteiger partial charge in [-0.25, -0.2) is 18.0 Å². The standard InChI is InChI=1S/C33H45N3O11S/c1-33(2,13-15-43-32(39)35(3)4)20-36(48(40,41)23-10-11-27-28(17-23)46-21-45-27)18-26(37)25(16-22-8-6-5-7-9-22)34-31(38)47-29-19-44-30-24(29)12-14-42-30/h5-11,17,24-26,29-30,37H,12-16,18-21H2,1-4H3,(H,34,38)/t24-,25-,26+,29-,30+/m0/s1. The number of fused-ring (bicyclic) bond motifs is 2. The van der Waals surface area contributed by atoms with Gasteiger partial charge in [0.25, 0.3) is 0 Å². The molecule has 0 radical (unpaired) electrons. The smallest absolute Gasteiger partial charge is 0.409 e. The van der Waals surface area contributed by atoms with Gasteiger partial charge in [0.1, 0.15) is 6.10 Å². The van der Waals surface area contributed by atoms with E-state index in [4.69, 9.17) is 28.4 Å². The Bertz CT molecular complexity index is 1520. The number of nitrogens with zero attached hydrogens (tertiary/aromatic N) is 2. The Morgan fingerprint density at radius 1 is 1.08 bits per heavy atom. The highest BCUT2D eigenvalue weighted by molar-refractivity contribution is 7.89. The van der Waals surface area contributed by atoms with E-state index in [0.29, 0.717) is 30.9 Å². The van der Waals surface area contributed by atoms with Gasteiger partial charge in [-0.15, -0.1) is 0 Å². The van der Waals surface area contributed by atoms with Gasteiger partial charge in [0, 0.05) is 33.3 Å². The zero-order valence-electron chi connectivity index (χ0n) is 27.7. The summed E-state index contributed by atoms with van der Waals surface area (Å²) in [5.74, 6) is 0.649. The number of hydrogen-bond acceptors (Lipinski definition) is 11. The maximum atomic E-state index is 14.2. The van der Waals surface area contributed by atoms with E-state index >= 15 is 0 Å². The second-order valence-corrected chi connectivity index (χ2v) is 15.2. The van der Waals surface area contributed by atoms with Crippen molar-refractivity contribution in [2.45, 2.75) is 62.5 Å². The third kappa shape index (κ3) is 8.88. The summed E-state index contributed by atoms with van der Waals surface area (Å²) in [5, 5.41) is 14.5. The van der Waals surface area contributed by atoms with Crippen LogP contribution in [-0.4, -0.2) is 113 Å². The van der Waals surface area contributed by atoms with Crippen LogP contribution < -0.4 is 14.8 Å². The molecule has 3 aliphatic rings. The van der Waals surface area contributed by atoms with Crippen molar-refractivity contribution in [3.63, 3.8) is 0 Å². The zero-order chi connectivity index (χ0) is 34.5. The number of amides is 2. The monoisotopic (exact) mass is 691 g/mol. The highest BCUT2D eigenvalue weighted by Gasteiger charge is 2.44. The van der Waals surface area contributed by atoms with Gasteiger partial charge in [-0.3, -0.25) is 0 Å². The molecule has 5 rings (SSSR count). The van der Waals surface area contributed by atoms with E-state index in [9.17, 15) is 23.1 Å². The first-order valence-corrected chi connectivity index (χ1v) is 17.4. The Balaban J connectivity index is 1.36. The van der Waals surface area contributed by atoms with Crippen LogP contribution in [0.4, 0.5) is 9.59 Å². The van der Waals surface area contributed by atoms with Gasteiger partial charge in [-0.2, -0.15) is 4.31 Å². The van der Waals surface area contributed by atoms with Gasteiger partial charge >= 0.3 is 12.2 Å². The Morgan fingerprint density at radius 3 is 2.58 bits per heavy atom. The number of nitrogens with one attached hydrogen (secondary N) is 1. The predicted molar refractivity (Wildman–Crippen MR) is 172 cm³/mol. The molecule has 3 heterocycles. The summed E-state index contributed by atoms with van der Waals surface area (Å²) in [6.07, 6.45) is -2.27. The molecule has 2 N–H and O–H groups in total. The Hall–Kier alpha value is -3.63. The van der Waals surface area contributed by atoms with Gasteiger partial charge < -0.3 is 43.7 Å². The highest BCUT2D eigenvalue weighted by atomic mass is 32.2. The molecule has 264 valence electrons. The summed E-state index contributed by atoms with van der Waals surface area (Å²) in [7, 11) is -1.07. The van der Waals surface area contributed by atoms with Crippen LogP contribution in [0, 0.1) is 11.3 Å². The average molecular weight is 692 g/mol. The molecule has 0 aliphatic carbocycles. The molecule has 2 aromatic carbocycles. The molecule has 0 aromatic heterocycles. The van der Waals surface area contributed by atoms with Crippen molar-refractivity contribution >= 4 is 22.2 Å². The van der Waals surface area contributed by atoms with E-state index in [-0.39, 0.29) is 50.3 Å². The van der Waals surface area contributed by atoms with Gasteiger partial charge in [0.15, 0.2) is 17.8 Å². The first-order valence-electron chi connectivity index (χ1n) is 16.0. The van der Waals surface area contributed by atoms with Crippen LogP contribution in [0.5, 0.6) is 11.5 Å². The summed E-state index contributed by atoms with van der Waals surface area (Å²) in [6, 6.07) is 12.7. The van der Waals surface area contributed by atoms with Gasteiger partial charge in [-0.05, 0) is 42.4 Å². The number of hydrogen-bond donors (Lipinski definition) is 2. The van der Waals surface area contributed by atoms with Crippen molar-refractivity contribution in [3.05, 3.63) is 54.1 Å². The zero-order valence-corrected chi connectivity index (χ0v) is 28.5. The second-order valence-electron chi connectivity index (χ2n) is 13.2. The Labute approximate surface area is 281 Å². The molecule has 14 nitrogen and oxygen atoms in total. The lowest BCUT2D eigenvalue weighted by Crippen LogP contribution is -2.52. The van der Waals surface area contributed by atoms with Gasteiger partial charge in [-0.1, -0.05) is 44.2 Å².